The Morgan fingerprint density at radius 3 is 2.29 bits per heavy atom. The normalized spacial score (nSPS) is 16.5. The van der Waals surface area contributed by atoms with Gasteiger partial charge < -0.3 is 0 Å². The molecule has 0 bridgehead atoms. The highest BCUT2D eigenvalue weighted by Crippen LogP contribution is 2.34. The van der Waals surface area contributed by atoms with Gasteiger partial charge in [0.05, 0.1) is 5.57 Å². The standard InChI is InChI=1S/C14H12F3/c1-10-5-7-11(8-6-10)12-3-2-4-13(9-12)14(15,16)17/h3-9H,2H2,1H3. The van der Waals surface area contributed by atoms with E-state index in [4.69, 9.17) is 0 Å². The van der Waals surface area contributed by atoms with Crippen LogP contribution < -0.4 is 0 Å². The van der Waals surface area contributed by atoms with E-state index in [0.717, 1.165) is 11.1 Å². The summed E-state index contributed by atoms with van der Waals surface area (Å²) in [5.74, 6) is 0. The number of allylic oxidation sites excluding steroid dienone is 4. The summed E-state index contributed by atoms with van der Waals surface area (Å²) in [4.78, 5) is 0. The second-order valence-electron chi connectivity index (χ2n) is 4.06. The first-order chi connectivity index (χ1) is 7.97. The maximum absolute atomic E-state index is 12.6. The Kier molecular flexibility index (Phi) is 3.09. The van der Waals surface area contributed by atoms with E-state index in [1.165, 1.54) is 12.2 Å². The molecule has 1 aliphatic rings. The van der Waals surface area contributed by atoms with Crippen molar-refractivity contribution in [2.75, 3.05) is 0 Å². The summed E-state index contributed by atoms with van der Waals surface area (Å²) >= 11 is 0. The molecule has 1 aromatic carbocycles. The number of halogens is 3. The van der Waals surface area contributed by atoms with Crippen molar-refractivity contribution in [3.05, 3.63) is 59.5 Å². The summed E-state index contributed by atoms with van der Waals surface area (Å²) in [7, 11) is 0. The van der Waals surface area contributed by atoms with E-state index in [2.05, 4.69) is 0 Å². The van der Waals surface area contributed by atoms with Gasteiger partial charge in [-0.05, 0) is 37.0 Å². The zero-order chi connectivity index (χ0) is 12.5. The van der Waals surface area contributed by atoms with Gasteiger partial charge >= 0.3 is 6.18 Å². The van der Waals surface area contributed by atoms with Gasteiger partial charge in [-0.15, -0.1) is 0 Å². The Hall–Kier alpha value is -1.51. The second kappa shape index (κ2) is 4.40. The molecular weight excluding hydrogens is 225 g/mol. The molecule has 89 valence electrons. The summed E-state index contributed by atoms with van der Waals surface area (Å²) in [5.41, 5.74) is 2.00. The van der Waals surface area contributed by atoms with Crippen molar-refractivity contribution < 1.29 is 13.2 Å². The summed E-state index contributed by atoms with van der Waals surface area (Å²) in [6.07, 6.45) is 0.282. The van der Waals surface area contributed by atoms with Crippen LogP contribution in [0.3, 0.4) is 0 Å². The first-order valence-corrected chi connectivity index (χ1v) is 5.36. The van der Waals surface area contributed by atoms with Crippen molar-refractivity contribution in [1.82, 2.24) is 0 Å². The largest absolute Gasteiger partial charge is 0.416 e. The summed E-state index contributed by atoms with van der Waals surface area (Å²) in [5, 5.41) is 0. The first kappa shape index (κ1) is 12.0. The van der Waals surface area contributed by atoms with Gasteiger partial charge in [-0.2, -0.15) is 13.2 Å². The maximum atomic E-state index is 12.6. The average molecular weight is 237 g/mol. The highest BCUT2D eigenvalue weighted by Gasteiger charge is 2.33. The van der Waals surface area contributed by atoms with Crippen LogP contribution >= 0.6 is 0 Å². The SMILES string of the molecule is Cc1ccc(C2=CC(C(F)(F)F)=CC[CH]2)cc1. The Morgan fingerprint density at radius 2 is 1.71 bits per heavy atom. The van der Waals surface area contributed by atoms with Crippen LogP contribution in [0, 0.1) is 13.3 Å². The Bertz CT molecular complexity index is 461. The zero-order valence-electron chi connectivity index (χ0n) is 9.38. The number of aryl methyl sites for hydroxylation is 1. The van der Waals surface area contributed by atoms with E-state index in [1.54, 1.807) is 6.42 Å². The first-order valence-electron chi connectivity index (χ1n) is 5.36. The number of hydrogen-bond acceptors (Lipinski definition) is 0. The second-order valence-corrected chi connectivity index (χ2v) is 4.06. The van der Waals surface area contributed by atoms with Gasteiger partial charge in [-0.3, -0.25) is 0 Å². The molecule has 1 aliphatic carbocycles. The van der Waals surface area contributed by atoms with Gasteiger partial charge in [0, 0.05) is 0 Å². The van der Waals surface area contributed by atoms with Crippen LogP contribution in [-0.4, -0.2) is 6.18 Å². The molecule has 1 aromatic rings. The Labute approximate surface area is 98.5 Å². The molecule has 0 atom stereocenters. The van der Waals surface area contributed by atoms with Crippen molar-refractivity contribution in [2.45, 2.75) is 19.5 Å². The fourth-order valence-corrected chi connectivity index (χ4v) is 1.74. The van der Waals surface area contributed by atoms with Crippen molar-refractivity contribution >= 4 is 5.57 Å². The molecule has 0 spiro atoms. The van der Waals surface area contributed by atoms with E-state index >= 15 is 0 Å². The minimum atomic E-state index is -4.26. The molecule has 0 aliphatic heterocycles. The van der Waals surface area contributed by atoms with E-state index in [0.29, 0.717) is 12.0 Å². The van der Waals surface area contributed by atoms with Crippen molar-refractivity contribution in [3.8, 4) is 0 Å². The molecule has 0 saturated carbocycles. The third-order valence-corrected chi connectivity index (χ3v) is 2.70. The van der Waals surface area contributed by atoms with Crippen LogP contribution in [-0.2, 0) is 0 Å². The third kappa shape index (κ3) is 2.78. The van der Waals surface area contributed by atoms with E-state index in [1.807, 2.05) is 31.2 Å². The van der Waals surface area contributed by atoms with Gasteiger partial charge in [0.15, 0.2) is 0 Å². The van der Waals surface area contributed by atoms with Crippen LogP contribution in [0.25, 0.3) is 5.57 Å². The van der Waals surface area contributed by atoms with Crippen molar-refractivity contribution in [1.29, 1.82) is 0 Å². The predicted octanol–water partition coefficient (Wildman–Crippen LogP) is 4.48. The van der Waals surface area contributed by atoms with Crippen LogP contribution in [0.2, 0.25) is 0 Å². The van der Waals surface area contributed by atoms with Crippen LogP contribution in [0.4, 0.5) is 13.2 Å². The van der Waals surface area contributed by atoms with Crippen LogP contribution in [0.5, 0.6) is 0 Å². The van der Waals surface area contributed by atoms with Gasteiger partial charge in [0.2, 0.25) is 0 Å². The molecule has 17 heavy (non-hydrogen) atoms. The molecule has 0 heterocycles. The summed E-state index contributed by atoms with van der Waals surface area (Å²) in [6.45, 7) is 1.95. The third-order valence-electron chi connectivity index (χ3n) is 2.70. The predicted molar refractivity (Wildman–Crippen MR) is 62.2 cm³/mol. The molecule has 0 unspecified atom stereocenters. The Morgan fingerprint density at radius 1 is 1.06 bits per heavy atom. The minimum Gasteiger partial charge on any atom is -0.166 e. The molecular formula is C14H12F3. The fourth-order valence-electron chi connectivity index (χ4n) is 1.74. The number of benzene rings is 1. The molecule has 0 fully saturated rings. The van der Waals surface area contributed by atoms with Crippen molar-refractivity contribution in [2.24, 2.45) is 0 Å². The number of alkyl halides is 3. The monoisotopic (exact) mass is 237 g/mol. The summed E-state index contributed by atoms with van der Waals surface area (Å²) in [6, 6.07) is 7.49. The molecule has 1 radical (unpaired) electrons. The van der Waals surface area contributed by atoms with Gasteiger partial charge in [-0.1, -0.05) is 35.9 Å². The minimum absolute atomic E-state index is 0.328. The van der Waals surface area contributed by atoms with Gasteiger partial charge in [-0.25, -0.2) is 0 Å². The molecule has 0 saturated heterocycles. The molecule has 3 heteroatoms. The highest BCUT2D eigenvalue weighted by atomic mass is 19.4. The maximum Gasteiger partial charge on any atom is 0.416 e. The lowest BCUT2D eigenvalue weighted by Crippen LogP contribution is -2.12. The lowest BCUT2D eigenvalue weighted by atomic mass is 9.93. The highest BCUT2D eigenvalue weighted by molar-refractivity contribution is 5.76. The molecule has 2 rings (SSSR count). The summed E-state index contributed by atoms with van der Waals surface area (Å²) < 4.78 is 37.7. The lowest BCUT2D eigenvalue weighted by molar-refractivity contribution is -0.0884. The van der Waals surface area contributed by atoms with Crippen LogP contribution in [0.15, 0.2) is 42.0 Å². The molecule has 0 amide bonds. The van der Waals surface area contributed by atoms with Crippen LogP contribution in [0.1, 0.15) is 17.5 Å². The molecule has 0 nitrogen and oxygen atoms in total. The van der Waals surface area contributed by atoms with Gasteiger partial charge in [0.25, 0.3) is 0 Å². The fraction of sp³-hybridized carbons (Fsp3) is 0.214. The Balaban J connectivity index is 2.31. The van der Waals surface area contributed by atoms with Gasteiger partial charge in [0.1, 0.15) is 0 Å². The lowest BCUT2D eigenvalue weighted by Gasteiger charge is -2.16. The van der Waals surface area contributed by atoms with E-state index in [9.17, 15) is 13.2 Å². The number of rotatable bonds is 1. The topological polar surface area (TPSA) is 0 Å². The number of hydrogen-bond donors (Lipinski definition) is 0. The average Bonchev–Trinajstić information content (AvgIpc) is 2.29. The van der Waals surface area contributed by atoms with Crippen molar-refractivity contribution in [3.63, 3.8) is 0 Å². The van der Waals surface area contributed by atoms with E-state index < -0.39 is 11.7 Å². The zero-order valence-corrected chi connectivity index (χ0v) is 9.38. The molecule has 0 N–H and O–H groups in total. The molecule has 0 aromatic heterocycles. The quantitative estimate of drug-likeness (QED) is 0.675. The smallest absolute Gasteiger partial charge is 0.166 e. The van der Waals surface area contributed by atoms with E-state index in [-0.39, 0.29) is 0 Å².